The van der Waals surface area contributed by atoms with Gasteiger partial charge < -0.3 is 20.3 Å². The van der Waals surface area contributed by atoms with Crippen molar-refractivity contribution >= 4 is 50.5 Å². The number of ether oxygens (including phenoxy) is 1. The first-order valence-electron chi connectivity index (χ1n) is 13.3. The van der Waals surface area contributed by atoms with Gasteiger partial charge in [0.25, 0.3) is 0 Å². The SMILES string of the molecule is c1ccc(Nc2ncnc3ccc(-c4ccc5ncnc(Nc6ccc(N7CCOCC7)cc6)c5c4)cc23)cc1. The quantitative estimate of drug-likeness (QED) is 0.253. The monoisotopic (exact) mass is 525 g/mol. The first-order chi connectivity index (χ1) is 19.8. The Morgan fingerprint density at radius 1 is 0.575 bits per heavy atom. The van der Waals surface area contributed by atoms with Gasteiger partial charge in [-0.1, -0.05) is 30.3 Å². The van der Waals surface area contributed by atoms with Crippen LogP contribution < -0.4 is 15.5 Å². The third kappa shape index (κ3) is 4.88. The molecule has 6 aromatic rings. The van der Waals surface area contributed by atoms with Gasteiger partial charge in [0.2, 0.25) is 0 Å². The largest absolute Gasteiger partial charge is 0.378 e. The molecule has 40 heavy (non-hydrogen) atoms. The van der Waals surface area contributed by atoms with Crippen LogP contribution in [-0.2, 0) is 4.74 Å². The fourth-order valence-electron chi connectivity index (χ4n) is 5.04. The highest BCUT2D eigenvalue weighted by Crippen LogP contribution is 2.32. The lowest BCUT2D eigenvalue weighted by Gasteiger charge is -2.28. The second-order valence-electron chi connectivity index (χ2n) is 9.67. The summed E-state index contributed by atoms with van der Waals surface area (Å²) in [6, 6.07) is 31.0. The van der Waals surface area contributed by atoms with Crippen molar-refractivity contribution < 1.29 is 4.74 Å². The average molecular weight is 526 g/mol. The Bertz CT molecular complexity index is 1790. The molecule has 0 radical (unpaired) electrons. The van der Waals surface area contributed by atoms with Crippen LogP contribution in [-0.4, -0.2) is 46.2 Å². The van der Waals surface area contributed by atoms with E-state index in [4.69, 9.17) is 4.74 Å². The number of nitrogens with zero attached hydrogens (tertiary/aromatic N) is 5. The van der Waals surface area contributed by atoms with Gasteiger partial charge in [-0.05, 0) is 71.8 Å². The molecular formula is C32H27N7O. The molecule has 0 bridgehead atoms. The Hall–Kier alpha value is -5.08. The number of fused-ring (bicyclic) bond motifs is 2. The first kappa shape index (κ1) is 24.0. The number of hydrogen-bond acceptors (Lipinski definition) is 8. The molecule has 0 atom stereocenters. The predicted molar refractivity (Wildman–Crippen MR) is 161 cm³/mol. The van der Waals surface area contributed by atoms with E-state index in [1.165, 1.54) is 5.69 Å². The van der Waals surface area contributed by atoms with E-state index < -0.39 is 0 Å². The number of para-hydroxylation sites is 1. The summed E-state index contributed by atoms with van der Waals surface area (Å²) in [6.07, 6.45) is 3.19. The molecular weight excluding hydrogens is 498 g/mol. The van der Waals surface area contributed by atoms with E-state index in [0.29, 0.717) is 0 Å². The minimum Gasteiger partial charge on any atom is -0.378 e. The fourth-order valence-corrected chi connectivity index (χ4v) is 5.04. The summed E-state index contributed by atoms with van der Waals surface area (Å²) < 4.78 is 5.48. The van der Waals surface area contributed by atoms with E-state index in [-0.39, 0.29) is 0 Å². The van der Waals surface area contributed by atoms with Crippen LogP contribution in [0.5, 0.6) is 0 Å². The smallest absolute Gasteiger partial charge is 0.141 e. The van der Waals surface area contributed by atoms with Gasteiger partial charge in [-0.2, -0.15) is 0 Å². The molecule has 0 amide bonds. The number of benzene rings is 4. The van der Waals surface area contributed by atoms with Gasteiger partial charge in [0.05, 0.1) is 24.2 Å². The average Bonchev–Trinajstić information content (AvgIpc) is 3.02. The summed E-state index contributed by atoms with van der Waals surface area (Å²) >= 11 is 0. The zero-order valence-electron chi connectivity index (χ0n) is 21.8. The molecule has 0 spiro atoms. The van der Waals surface area contributed by atoms with Crippen LogP contribution in [0.25, 0.3) is 32.9 Å². The van der Waals surface area contributed by atoms with Crippen molar-refractivity contribution in [2.45, 2.75) is 0 Å². The van der Waals surface area contributed by atoms with Crippen molar-refractivity contribution in [1.29, 1.82) is 0 Å². The highest BCUT2D eigenvalue weighted by Gasteiger charge is 2.12. The van der Waals surface area contributed by atoms with E-state index in [1.54, 1.807) is 12.7 Å². The maximum absolute atomic E-state index is 5.48. The maximum atomic E-state index is 5.48. The molecule has 2 aromatic heterocycles. The predicted octanol–water partition coefficient (Wildman–Crippen LogP) is 6.56. The number of nitrogens with one attached hydrogen (secondary N) is 2. The number of aromatic nitrogens is 4. The number of anilines is 5. The summed E-state index contributed by atoms with van der Waals surface area (Å²) in [5.41, 5.74) is 7.02. The van der Waals surface area contributed by atoms with Crippen LogP contribution >= 0.6 is 0 Å². The van der Waals surface area contributed by atoms with Crippen LogP contribution in [0, 0.1) is 0 Å². The van der Waals surface area contributed by atoms with Crippen LogP contribution in [0.3, 0.4) is 0 Å². The molecule has 2 N–H and O–H groups in total. The summed E-state index contributed by atoms with van der Waals surface area (Å²) in [5, 5.41) is 8.82. The molecule has 8 heteroatoms. The normalized spacial score (nSPS) is 13.4. The van der Waals surface area contributed by atoms with Gasteiger partial charge in [0.1, 0.15) is 24.3 Å². The van der Waals surface area contributed by atoms with Crippen molar-refractivity contribution in [2.75, 3.05) is 41.8 Å². The molecule has 8 nitrogen and oxygen atoms in total. The molecule has 1 fully saturated rings. The van der Waals surface area contributed by atoms with Gasteiger partial charge in [-0.25, -0.2) is 19.9 Å². The standard InChI is InChI=1S/C32H27N7O/c1-2-4-24(5-3-1)37-31-27-18-22(6-12-29(27)33-20-35-31)23-7-13-30-28(19-23)32(36-21-34-30)38-25-8-10-26(11-9-25)39-14-16-40-17-15-39/h1-13,18-21H,14-17H2,(H,33,35,37)(H,34,36,38). The topological polar surface area (TPSA) is 88.1 Å². The maximum Gasteiger partial charge on any atom is 0.141 e. The molecule has 0 unspecified atom stereocenters. The van der Waals surface area contributed by atoms with Crippen molar-refractivity contribution in [3.05, 3.63) is 104 Å². The summed E-state index contributed by atoms with van der Waals surface area (Å²) in [6.45, 7) is 3.36. The molecule has 1 aliphatic heterocycles. The van der Waals surface area contributed by atoms with Crippen molar-refractivity contribution in [1.82, 2.24) is 19.9 Å². The summed E-state index contributed by atoms with van der Waals surface area (Å²) in [5.74, 6) is 1.53. The van der Waals surface area contributed by atoms with Crippen LogP contribution in [0.2, 0.25) is 0 Å². The zero-order chi connectivity index (χ0) is 26.7. The van der Waals surface area contributed by atoms with E-state index in [2.05, 4.69) is 84.0 Å². The van der Waals surface area contributed by atoms with E-state index in [1.807, 2.05) is 42.5 Å². The van der Waals surface area contributed by atoms with Gasteiger partial charge in [0, 0.05) is 40.9 Å². The highest BCUT2D eigenvalue weighted by molar-refractivity contribution is 5.97. The number of morpholine rings is 1. The molecule has 3 heterocycles. The minimum absolute atomic E-state index is 0.765. The van der Waals surface area contributed by atoms with Crippen molar-refractivity contribution in [3.63, 3.8) is 0 Å². The lowest BCUT2D eigenvalue weighted by Crippen LogP contribution is -2.36. The van der Waals surface area contributed by atoms with Crippen LogP contribution in [0.15, 0.2) is 104 Å². The number of hydrogen-bond donors (Lipinski definition) is 2. The van der Waals surface area contributed by atoms with Gasteiger partial charge in [0.15, 0.2) is 0 Å². The fraction of sp³-hybridized carbons (Fsp3) is 0.125. The Balaban J connectivity index is 1.20. The van der Waals surface area contributed by atoms with E-state index in [9.17, 15) is 0 Å². The van der Waals surface area contributed by atoms with Gasteiger partial charge in [-0.3, -0.25) is 0 Å². The molecule has 0 saturated carbocycles. The minimum atomic E-state index is 0.765. The molecule has 1 saturated heterocycles. The van der Waals surface area contributed by atoms with Gasteiger partial charge in [-0.15, -0.1) is 0 Å². The number of rotatable bonds is 6. The van der Waals surface area contributed by atoms with Crippen LogP contribution in [0.4, 0.5) is 28.7 Å². The Kier molecular flexibility index (Phi) is 6.35. The molecule has 0 aliphatic carbocycles. The van der Waals surface area contributed by atoms with E-state index in [0.717, 1.165) is 82.2 Å². The second kappa shape index (κ2) is 10.6. The Labute approximate surface area is 231 Å². The zero-order valence-corrected chi connectivity index (χ0v) is 21.8. The van der Waals surface area contributed by atoms with Crippen molar-refractivity contribution in [3.8, 4) is 11.1 Å². The third-order valence-corrected chi connectivity index (χ3v) is 7.15. The van der Waals surface area contributed by atoms with E-state index >= 15 is 0 Å². The summed E-state index contributed by atoms with van der Waals surface area (Å²) in [4.78, 5) is 20.4. The highest BCUT2D eigenvalue weighted by atomic mass is 16.5. The van der Waals surface area contributed by atoms with Gasteiger partial charge >= 0.3 is 0 Å². The van der Waals surface area contributed by atoms with Crippen molar-refractivity contribution in [2.24, 2.45) is 0 Å². The van der Waals surface area contributed by atoms with Crippen LogP contribution in [0.1, 0.15) is 0 Å². The molecule has 1 aliphatic rings. The molecule has 7 rings (SSSR count). The molecule has 4 aromatic carbocycles. The Morgan fingerprint density at radius 2 is 1.12 bits per heavy atom. The third-order valence-electron chi connectivity index (χ3n) is 7.15. The lowest BCUT2D eigenvalue weighted by molar-refractivity contribution is 0.122. The summed E-state index contributed by atoms with van der Waals surface area (Å²) in [7, 11) is 0. The first-order valence-corrected chi connectivity index (χ1v) is 13.3. The molecule has 196 valence electrons. The second-order valence-corrected chi connectivity index (χ2v) is 9.67. The Morgan fingerprint density at radius 3 is 1.70 bits per heavy atom. The lowest BCUT2D eigenvalue weighted by atomic mass is 10.0.